The second-order valence-electron chi connectivity index (χ2n) is 4.95. The lowest BCUT2D eigenvalue weighted by Crippen LogP contribution is -2.38. The number of hydrogen-bond donors (Lipinski definition) is 2. The van der Waals surface area contributed by atoms with Gasteiger partial charge in [0, 0.05) is 24.3 Å². The van der Waals surface area contributed by atoms with Crippen LogP contribution in [0.3, 0.4) is 0 Å². The van der Waals surface area contributed by atoms with Crippen molar-refractivity contribution in [2.24, 2.45) is 0 Å². The molecule has 0 saturated heterocycles. The summed E-state index contributed by atoms with van der Waals surface area (Å²) in [4.78, 5) is 13.9. The summed E-state index contributed by atoms with van der Waals surface area (Å²) in [5.41, 5.74) is 0.715. The summed E-state index contributed by atoms with van der Waals surface area (Å²) in [5.74, 6) is 0.754. The number of urea groups is 1. The summed E-state index contributed by atoms with van der Waals surface area (Å²) in [7, 11) is 0. The van der Waals surface area contributed by atoms with Gasteiger partial charge in [0.25, 0.3) is 0 Å². The van der Waals surface area contributed by atoms with Crippen LogP contribution in [0, 0.1) is 0 Å². The lowest BCUT2D eigenvalue weighted by molar-refractivity contribution is 0.185. The van der Waals surface area contributed by atoms with Crippen LogP contribution in [-0.4, -0.2) is 41.8 Å². The number of hydrogen-bond acceptors (Lipinski definition) is 3. The molecule has 1 aromatic rings. The Morgan fingerprint density at radius 2 is 2.30 bits per heavy atom. The maximum absolute atomic E-state index is 12.2. The number of nitrogens with one attached hydrogen (secondary N) is 1. The van der Waals surface area contributed by atoms with E-state index in [2.05, 4.69) is 5.32 Å². The standard InChI is InChI=1S/C15H22N2O3/c1-2-10-20-14-5-3-4-12(11-14)16-15(19)17(8-9-18)13-6-7-13/h3-5,11,13,18H,2,6-10H2,1H3,(H,16,19). The summed E-state index contributed by atoms with van der Waals surface area (Å²) in [6, 6.07) is 7.50. The van der Waals surface area contributed by atoms with Gasteiger partial charge in [-0.15, -0.1) is 0 Å². The molecule has 1 aliphatic rings. The van der Waals surface area contributed by atoms with Crippen LogP contribution in [0.5, 0.6) is 5.75 Å². The number of amides is 2. The van der Waals surface area contributed by atoms with Gasteiger partial charge in [-0.25, -0.2) is 4.79 Å². The van der Waals surface area contributed by atoms with E-state index in [1.54, 1.807) is 4.90 Å². The minimum absolute atomic E-state index is 0.0103. The third kappa shape index (κ3) is 4.13. The van der Waals surface area contributed by atoms with Crippen molar-refractivity contribution in [2.75, 3.05) is 25.1 Å². The maximum atomic E-state index is 12.2. The average Bonchev–Trinajstić information content (AvgIpc) is 3.27. The highest BCUT2D eigenvalue weighted by Gasteiger charge is 2.32. The summed E-state index contributed by atoms with van der Waals surface area (Å²) in [5, 5.41) is 11.9. The number of aliphatic hydroxyl groups excluding tert-OH is 1. The Hall–Kier alpha value is -1.75. The number of rotatable bonds is 7. The summed E-state index contributed by atoms with van der Waals surface area (Å²) in [6.07, 6.45) is 2.99. The molecule has 1 saturated carbocycles. The van der Waals surface area contributed by atoms with Crippen LogP contribution in [0.25, 0.3) is 0 Å². The van der Waals surface area contributed by atoms with Gasteiger partial charge >= 0.3 is 6.03 Å². The van der Waals surface area contributed by atoms with E-state index in [4.69, 9.17) is 9.84 Å². The number of ether oxygens (including phenoxy) is 1. The van der Waals surface area contributed by atoms with E-state index >= 15 is 0 Å². The van der Waals surface area contributed by atoms with E-state index in [-0.39, 0.29) is 18.7 Å². The molecule has 2 rings (SSSR count). The predicted octanol–water partition coefficient (Wildman–Crippen LogP) is 2.46. The predicted molar refractivity (Wildman–Crippen MR) is 78.1 cm³/mol. The van der Waals surface area contributed by atoms with E-state index in [0.717, 1.165) is 25.0 Å². The van der Waals surface area contributed by atoms with Crippen LogP contribution in [0.4, 0.5) is 10.5 Å². The Labute approximate surface area is 119 Å². The second-order valence-corrected chi connectivity index (χ2v) is 4.95. The third-order valence-electron chi connectivity index (χ3n) is 3.15. The number of nitrogens with zero attached hydrogens (tertiary/aromatic N) is 1. The molecular formula is C15H22N2O3. The number of carbonyl (C=O) groups is 1. The van der Waals surface area contributed by atoms with Gasteiger partial charge in [-0.1, -0.05) is 13.0 Å². The van der Waals surface area contributed by atoms with Crippen molar-refractivity contribution in [1.29, 1.82) is 0 Å². The smallest absolute Gasteiger partial charge is 0.322 e. The molecule has 5 nitrogen and oxygen atoms in total. The number of benzene rings is 1. The van der Waals surface area contributed by atoms with Gasteiger partial charge in [0.2, 0.25) is 0 Å². The Bertz CT molecular complexity index is 446. The van der Waals surface area contributed by atoms with Crippen LogP contribution in [-0.2, 0) is 0 Å². The van der Waals surface area contributed by atoms with E-state index in [1.807, 2.05) is 31.2 Å². The lowest BCUT2D eigenvalue weighted by atomic mass is 10.3. The van der Waals surface area contributed by atoms with Crippen molar-refractivity contribution >= 4 is 11.7 Å². The van der Waals surface area contributed by atoms with Gasteiger partial charge in [0.05, 0.1) is 13.2 Å². The molecule has 0 unspecified atom stereocenters. The Balaban J connectivity index is 1.95. The number of anilines is 1. The van der Waals surface area contributed by atoms with Gasteiger partial charge in [-0.05, 0) is 31.4 Å². The Morgan fingerprint density at radius 3 is 2.95 bits per heavy atom. The minimum Gasteiger partial charge on any atom is -0.494 e. The van der Waals surface area contributed by atoms with Crippen molar-refractivity contribution in [3.8, 4) is 5.75 Å². The summed E-state index contributed by atoms with van der Waals surface area (Å²) in [6.45, 7) is 3.08. The zero-order valence-electron chi connectivity index (χ0n) is 11.8. The molecular weight excluding hydrogens is 256 g/mol. The van der Waals surface area contributed by atoms with Crippen LogP contribution in [0.15, 0.2) is 24.3 Å². The highest BCUT2D eigenvalue weighted by Crippen LogP contribution is 2.27. The zero-order valence-corrected chi connectivity index (χ0v) is 11.8. The molecule has 5 heteroatoms. The zero-order chi connectivity index (χ0) is 14.4. The monoisotopic (exact) mass is 278 g/mol. The largest absolute Gasteiger partial charge is 0.494 e. The third-order valence-corrected chi connectivity index (χ3v) is 3.15. The molecule has 2 amide bonds. The molecule has 0 atom stereocenters. The van der Waals surface area contributed by atoms with Crippen molar-refractivity contribution in [2.45, 2.75) is 32.2 Å². The highest BCUT2D eigenvalue weighted by molar-refractivity contribution is 5.90. The maximum Gasteiger partial charge on any atom is 0.322 e. The second kappa shape index (κ2) is 7.14. The van der Waals surface area contributed by atoms with Gasteiger partial charge in [-0.2, -0.15) is 0 Å². The Kier molecular flexibility index (Phi) is 5.24. The summed E-state index contributed by atoms with van der Waals surface area (Å²) < 4.78 is 5.54. The fourth-order valence-corrected chi connectivity index (χ4v) is 2.02. The van der Waals surface area contributed by atoms with Gasteiger partial charge < -0.3 is 20.1 Å². The normalized spacial score (nSPS) is 13.9. The van der Waals surface area contributed by atoms with Crippen molar-refractivity contribution in [3.05, 3.63) is 24.3 Å². The van der Waals surface area contributed by atoms with Crippen molar-refractivity contribution in [1.82, 2.24) is 4.90 Å². The molecule has 20 heavy (non-hydrogen) atoms. The molecule has 0 heterocycles. The molecule has 1 fully saturated rings. The van der Waals surface area contributed by atoms with E-state index in [9.17, 15) is 4.79 Å². The van der Waals surface area contributed by atoms with Crippen LogP contribution in [0.1, 0.15) is 26.2 Å². The summed E-state index contributed by atoms with van der Waals surface area (Å²) >= 11 is 0. The van der Waals surface area contributed by atoms with E-state index in [0.29, 0.717) is 18.8 Å². The van der Waals surface area contributed by atoms with Crippen molar-refractivity contribution in [3.63, 3.8) is 0 Å². The molecule has 0 radical (unpaired) electrons. The first-order valence-electron chi connectivity index (χ1n) is 7.16. The molecule has 1 aliphatic carbocycles. The fourth-order valence-electron chi connectivity index (χ4n) is 2.02. The van der Waals surface area contributed by atoms with Gasteiger partial charge in [-0.3, -0.25) is 0 Å². The van der Waals surface area contributed by atoms with E-state index in [1.165, 1.54) is 0 Å². The van der Waals surface area contributed by atoms with Crippen LogP contribution < -0.4 is 10.1 Å². The first-order valence-corrected chi connectivity index (χ1v) is 7.16. The number of carbonyl (C=O) groups excluding carboxylic acids is 1. The first kappa shape index (κ1) is 14.7. The molecule has 0 aromatic heterocycles. The number of aliphatic hydroxyl groups is 1. The average molecular weight is 278 g/mol. The highest BCUT2D eigenvalue weighted by atomic mass is 16.5. The van der Waals surface area contributed by atoms with Gasteiger partial charge in [0.15, 0.2) is 0 Å². The van der Waals surface area contributed by atoms with Crippen LogP contribution in [0.2, 0.25) is 0 Å². The quantitative estimate of drug-likeness (QED) is 0.805. The Morgan fingerprint density at radius 1 is 1.50 bits per heavy atom. The van der Waals surface area contributed by atoms with Gasteiger partial charge in [0.1, 0.15) is 5.75 Å². The van der Waals surface area contributed by atoms with Crippen molar-refractivity contribution < 1.29 is 14.6 Å². The molecule has 0 bridgehead atoms. The van der Waals surface area contributed by atoms with E-state index < -0.39 is 0 Å². The lowest BCUT2D eigenvalue weighted by Gasteiger charge is -2.21. The topological polar surface area (TPSA) is 61.8 Å². The molecule has 0 aliphatic heterocycles. The minimum atomic E-state index is -0.158. The molecule has 110 valence electrons. The molecule has 1 aromatic carbocycles. The molecule has 2 N–H and O–H groups in total. The van der Waals surface area contributed by atoms with Crippen LogP contribution >= 0.6 is 0 Å². The fraction of sp³-hybridized carbons (Fsp3) is 0.533. The SMILES string of the molecule is CCCOc1cccc(NC(=O)N(CCO)C2CC2)c1. The molecule has 0 spiro atoms. The first-order chi connectivity index (χ1) is 9.74.